The smallest absolute Gasteiger partial charge is 0.340 e. The van der Waals surface area contributed by atoms with Crippen LogP contribution in [0.4, 0.5) is 0 Å². The Morgan fingerprint density at radius 2 is 1.65 bits per heavy atom. The van der Waals surface area contributed by atoms with E-state index in [0.717, 1.165) is 11.1 Å². The lowest BCUT2D eigenvalue weighted by Gasteiger charge is -2.08. The van der Waals surface area contributed by atoms with Crippen molar-refractivity contribution in [3.8, 4) is 11.1 Å². The average Bonchev–Trinajstić information content (AvgIpc) is 2.40. The van der Waals surface area contributed by atoms with Gasteiger partial charge < -0.3 is 4.74 Å². The number of ether oxygens (including phenoxy) is 1. The molecular formula is C14H13NO2. The van der Waals surface area contributed by atoms with Crippen molar-refractivity contribution < 1.29 is 9.53 Å². The zero-order chi connectivity index (χ0) is 12.1. The number of benzene rings is 2. The van der Waals surface area contributed by atoms with Crippen LogP contribution in [-0.2, 0) is 4.74 Å². The van der Waals surface area contributed by atoms with E-state index in [1.54, 1.807) is 12.1 Å². The van der Waals surface area contributed by atoms with Crippen LogP contribution in [0, 0.1) is 0 Å². The van der Waals surface area contributed by atoms with Gasteiger partial charge in [0.25, 0.3) is 0 Å². The Morgan fingerprint density at radius 3 is 2.35 bits per heavy atom. The Balaban J connectivity index is 2.45. The van der Waals surface area contributed by atoms with Gasteiger partial charge in [0.05, 0.1) is 5.56 Å². The number of rotatable bonds is 3. The maximum atomic E-state index is 11.7. The molecule has 0 spiro atoms. The predicted octanol–water partition coefficient (Wildman–Crippen LogP) is 2.43. The third kappa shape index (κ3) is 2.52. The number of hydrogen-bond acceptors (Lipinski definition) is 3. The Kier molecular flexibility index (Phi) is 3.52. The van der Waals surface area contributed by atoms with Gasteiger partial charge in [-0.05, 0) is 17.2 Å². The van der Waals surface area contributed by atoms with E-state index < -0.39 is 5.97 Å². The maximum absolute atomic E-state index is 11.7. The van der Waals surface area contributed by atoms with Crippen molar-refractivity contribution in [3.05, 3.63) is 60.2 Å². The molecule has 0 aliphatic carbocycles. The highest BCUT2D eigenvalue weighted by Crippen LogP contribution is 2.23. The van der Waals surface area contributed by atoms with Crippen molar-refractivity contribution in [1.82, 2.24) is 0 Å². The van der Waals surface area contributed by atoms with Crippen molar-refractivity contribution in [1.29, 1.82) is 0 Å². The molecule has 0 aliphatic heterocycles. The zero-order valence-electron chi connectivity index (χ0n) is 9.30. The van der Waals surface area contributed by atoms with Crippen LogP contribution in [0.25, 0.3) is 11.1 Å². The van der Waals surface area contributed by atoms with Crippen LogP contribution in [-0.4, -0.2) is 12.7 Å². The van der Waals surface area contributed by atoms with Crippen LogP contribution >= 0.6 is 0 Å². The highest BCUT2D eigenvalue weighted by Gasteiger charge is 2.12. The van der Waals surface area contributed by atoms with Gasteiger partial charge in [-0.25, -0.2) is 4.79 Å². The summed E-state index contributed by atoms with van der Waals surface area (Å²) in [5, 5.41) is 0. The number of esters is 1. The van der Waals surface area contributed by atoms with Crippen molar-refractivity contribution >= 4 is 5.97 Å². The molecule has 0 saturated heterocycles. The molecular weight excluding hydrogens is 214 g/mol. The summed E-state index contributed by atoms with van der Waals surface area (Å²) in [6, 6.07) is 17.0. The molecule has 0 aliphatic rings. The first kappa shape index (κ1) is 11.4. The minimum atomic E-state index is -0.396. The summed E-state index contributed by atoms with van der Waals surface area (Å²) in [4.78, 5) is 11.7. The van der Waals surface area contributed by atoms with E-state index in [-0.39, 0.29) is 6.73 Å². The standard InChI is InChI=1S/C14H13NO2/c15-10-17-14(16)13-9-5-4-8-12(13)11-6-2-1-3-7-11/h1-9H,10,15H2. The summed E-state index contributed by atoms with van der Waals surface area (Å²) in [6.45, 7) is -0.109. The number of nitrogens with two attached hydrogens (primary N) is 1. The molecule has 2 aromatic rings. The van der Waals surface area contributed by atoms with Gasteiger partial charge >= 0.3 is 5.97 Å². The molecule has 2 aromatic carbocycles. The minimum absolute atomic E-state index is 0.109. The molecule has 0 aromatic heterocycles. The highest BCUT2D eigenvalue weighted by molar-refractivity contribution is 5.97. The van der Waals surface area contributed by atoms with E-state index in [0.29, 0.717) is 5.56 Å². The van der Waals surface area contributed by atoms with Gasteiger partial charge in [0, 0.05) is 0 Å². The van der Waals surface area contributed by atoms with E-state index >= 15 is 0 Å². The van der Waals surface area contributed by atoms with Crippen LogP contribution < -0.4 is 5.73 Å². The number of carbonyl (C=O) groups is 1. The van der Waals surface area contributed by atoms with Crippen LogP contribution in [0.5, 0.6) is 0 Å². The van der Waals surface area contributed by atoms with Gasteiger partial charge in [-0.15, -0.1) is 0 Å². The quantitative estimate of drug-likeness (QED) is 0.647. The minimum Gasteiger partial charge on any atom is -0.446 e. The van der Waals surface area contributed by atoms with Gasteiger partial charge in [0.15, 0.2) is 0 Å². The second-order valence-corrected chi connectivity index (χ2v) is 3.51. The molecule has 0 fully saturated rings. The number of carbonyl (C=O) groups excluding carboxylic acids is 1. The first-order valence-corrected chi connectivity index (χ1v) is 5.34. The number of hydrogen-bond donors (Lipinski definition) is 1. The summed E-state index contributed by atoms with van der Waals surface area (Å²) in [5.41, 5.74) is 7.58. The second kappa shape index (κ2) is 5.27. The summed E-state index contributed by atoms with van der Waals surface area (Å²) < 4.78 is 4.83. The fourth-order valence-corrected chi connectivity index (χ4v) is 1.68. The molecule has 86 valence electrons. The van der Waals surface area contributed by atoms with Gasteiger partial charge in [0.1, 0.15) is 6.73 Å². The van der Waals surface area contributed by atoms with Gasteiger partial charge in [-0.1, -0.05) is 48.5 Å². The molecule has 0 heterocycles. The zero-order valence-corrected chi connectivity index (χ0v) is 9.30. The van der Waals surface area contributed by atoms with Crippen molar-refractivity contribution in [2.75, 3.05) is 6.73 Å². The highest BCUT2D eigenvalue weighted by atomic mass is 16.5. The lowest BCUT2D eigenvalue weighted by atomic mass is 10.00. The fourth-order valence-electron chi connectivity index (χ4n) is 1.68. The SMILES string of the molecule is NCOC(=O)c1ccccc1-c1ccccc1. The fraction of sp³-hybridized carbons (Fsp3) is 0.0714. The van der Waals surface area contributed by atoms with Crippen molar-refractivity contribution in [2.24, 2.45) is 5.73 Å². The van der Waals surface area contributed by atoms with Crippen LogP contribution in [0.15, 0.2) is 54.6 Å². The van der Waals surface area contributed by atoms with E-state index in [9.17, 15) is 4.79 Å². The van der Waals surface area contributed by atoms with Gasteiger partial charge in [-0.3, -0.25) is 5.73 Å². The lowest BCUT2D eigenvalue weighted by molar-refractivity contribution is 0.0516. The molecule has 0 amide bonds. The molecule has 17 heavy (non-hydrogen) atoms. The summed E-state index contributed by atoms with van der Waals surface area (Å²) in [7, 11) is 0. The first-order chi connectivity index (χ1) is 8.33. The van der Waals surface area contributed by atoms with Crippen molar-refractivity contribution in [3.63, 3.8) is 0 Å². The Labute approximate surface area is 99.8 Å². The normalized spacial score (nSPS) is 9.94. The molecule has 2 N–H and O–H groups in total. The Morgan fingerprint density at radius 1 is 1.00 bits per heavy atom. The Bertz CT molecular complexity index is 509. The summed E-state index contributed by atoms with van der Waals surface area (Å²) >= 11 is 0. The van der Waals surface area contributed by atoms with Crippen LogP contribution in [0.1, 0.15) is 10.4 Å². The van der Waals surface area contributed by atoms with E-state index in [4.69, 9.17) is 10.5 Å². The van der Waals surface area contributed by atoms with Gasteiger partial charge in [-0.2, -0.15) is 0 Å². The monoisotopic (exact) mass is 227 g/mol. The molecule has 0 unspecified atom stereocenters. The first-order valence-electron chi connectivity index (χ1n) is 5.34. The van der Waals surface area contributed by atoms with Crippen LogP contribution in [0.3, 0.4) is 0 Å². The summed E-state index contributed by atoms with van der Waals surface area (Å²) in [5.74, 6) is -0.396. The average molecular weight is 227 g/mol. The topological polar surface area (TPSA) is 52.3 Å². The third-order valence-electron chi connectivity index (χ3n) is 2.45. The molecule has 0 saturated carbocycles. The van der Waals surface area contributed by atoms with E-state index in [2.05, 4.69) is 0 Å². The van der Waals surface area contributed by atoms with E-state index in [1.165, 1.54) is 0 Å². The molecule has 0 bridgehead atoms. The molecule has 2 rings (SSSR count). The molecule has 0 radical (unpaired) electrons. The lowest BCUT2D eigenvalue weighted by Crippen LogP contribution is -2.12. The predicted molar refractivity (Wildman–Crippen MR) is 66.3 cm³/mol. The molecule has 3 nitrogen and oxygen atoms in total. The second-order valence-electron chi connectivity index (χ2n) is 3.51. The van der Waals surface area contributed by atoms with Gasteiger partial charge in [0.2, 0.25) is 0 Å². The Hall–Kier alpha value is -2.13. The molecule has 3 heteroatoms. The van der Waals surface area contributed by atoms with Crippen molar-refractivity contribution in [2.45, 2.75) is 0 Å². The largest absolute Gasteiger partial charge is 0.446 e. The molecule has 0 atom stereocenters. The van der Waals surface area contributed by atoms with E-state index in [1.807, 2.05) is 42.5 Å². The third-order valence-corrected chi connectivity index (χ3v) is 2.45. The van der Waals surface area contributed by atoms with Crippen LogP contribution in [0.2, 0.25) is 0 Å². The maximum Gasteiger partial charge on any atom is 0.340 e. The summed E-state index contributed by atoms with van der Waals surface area (Å²) in [6.07, 6.45) is 0.